The van der Waals surface area contributed by atoms with E-state index in [0.717, 1.165) is 5.56 Å². The van der Waals surface area contributed by atoms with E-state index in [2.05, 4.69) is 28.6 Å². The molecule has 0 fully saturated rings. The lowest BCUT2D eigenvalue weighted by Gasteiger charge is -2.25. The Bertz CT molecular complexity index is 824. The molecule has 1 aromatic rings. The summed E-state index contributed by atoms with van der Waals surface area (Å²) in [6, 6.07) is 5.18. The van der Waals surface area contributed by atoms with Crippen LogP contribution >= 0.6 is 12.6 Å². The number of nitrogens with one attached hydrogen (secondary N) is 3. The van der Waals surface area contributed by atoms with Crippen LogP contribution in [0.3, 0.4) is 0 Å². The maximum absolute atomic E-state index is 13.3. The highest BCUT2D eigenvalue weighted by Crippen LogP contribution is 2.08. The normalized spacial score (nSPS) is 14.5. The molecule has 10 nitrogen and oxygen atoms in total. The van der Waals surface area contributed by atoms with E-state index in [1.807, 2.05) is 44.2 Å². The van der Waals surface area contributed by atoms with E-state index >= 15 is 0 Å². The monoisotopic (exact) mass is 509 g/mol. The number of thiol groups is 1. The van der Waals surface area contributed by atoms with Crippen molar-refractivity contribution < 1.29 is 24.3 Å². The van der Waals surface area contributed by atoms with Gasteiger partial charge in [-0.25, -0.2) is 4.79 Å². The van der Waals surface area contributed by atoms with Crippen molar-refractivity contribution in [2.24, 2.45) is 17.4 Å². The topological polar surface area (TPSA) is 177 Å². The molecule has 4 unspecified atom stereocenters. The van der Waals surface area contributed by atoms with E-state index in [0.29, 0.717) is 25.8 Å². The quantitative estimate of drug-likeness (QED) is 0.123. The van der Waals surface area contributed by atoms with Crippen LogP contribution < -0.4 is 27.4 Å². The van der Waals surface area contributed by atoms with Crippen LogP contribution in [0.15, 0.2) is 30.3 Å². The van der Waals surface area contributed by atoms with Crippen LogP contribution in [0.5, 0.6) is 0 Å². The SMILES string of the molecule is CC(C)CC(N)C(=O)NC(Cc1ccccc1)C(=O)NC(CCCCN)C(=O)NC(CS)C(=O)O. The van der Waals surface area contributed by atoms with Crippen molar-refractivity contribution in [2.75, 3.05) is 12.3 Å². The molecule has 0 bridgehead atoms. The molecule has 8 N–H and O–H groups in total. The molecule has 4 atom stereocenters. The van der Waals surface area contributed by atoms with Gasteiger partial charge in [0.25, 0.3) is 0 Å². The predicted molar refractivity (Wildman–Crippen MR) is 138 cm³/mol. The number of aliphatic carboxylic acids is 1. The molecule has 0 aromatic heterocycles. The molecule has 1 aromatic carbocycles. The Balaban J connectivity index is 3.06. The molecule has 196 valence electrons. The first kappa shape index (κ1) is 30.4. The zero-order valence-corrected chi connectivity index (χ0v) is 21.3. The van der Waals surface area contributed by atoms with Gasteiger partial charge in [-0.3, -0.25) is 14.4 Å². The van der Waals surface area contributed by atoms with Gasteiger partial charge in [0.15, 0.2) is 0 Å². The van der Waals surface area contributed by atoms with Gasteiger partial charge in [0.05, 0.1) is 6.04 Å². The molecule has 1 rings (SSSR count). The fourth-order valence-electron chi connectivity index (χ4n) is 3.44. The van der Waals surface area contributed by atoms with E-state index in [9.17, 15) is 24.3 Å². The Hall–Kier alpha value is -2.63. The third-order valence-electron chi connectivity index (χ3n) is 5.35. The number of unbranched alkanes of at least 4 members (excludes halogenated alkanes) is 1. The lowest BCUT2D eigenvalue weighted by molar-refractivity contribution is -0.141. The molecule has 0 saturated heterocycles. The minimum absolute atomic E-state index is 0.106. The van der Waals surface area contributed by atoms with E-state index in [1.165, 1.54) is 0 Å². The van der Waals surface area contributed by atoms with Gasteiger partial charge in [0.1, 0.15) is 18.1 Å². The maximum Gasteiger partial charge on any atom is 0.327 e. The van der Waals surface area contributed by atoms with Crippen molar-refractivity contribution in [2.45, 2.75) is 70.1 Å². The summed E-state index contributed by atoms with van der Waals surface area (Å²) in [5.41, 5.74) is 12.4. The second-order valence-electron chi connectivity index (χ2n) is 8.91. The van der Waals surface area contributed by atoms with Crippen molar-refractivity contribution in [3.63, 3.8) is 0 Å². The summed E-state index contributed by atoms with van der Waals surface area (Å²) in [5.74, 6) is -2.80. The number of carboxylic acid groups (broad SMARTS) is 1. The van der Waals surface area contributed by atoms with Crippen molar-refractivity contribution in [1.29, 1.82) is 0 Å². The largest absolute Gasteiger partial charge is 0.480 e. The Morgan fingerprint density at radius 1 is 0.914 bits per heavy atom. The van der Waals surface area contributed by atoms with Gasteiger partial charge in [-0.1, -0.05) is 44.2 Å². The lowest BCUT2D eigenvalue weighted by atomic mass is 10.0. The Kier molecular flexibility index (Phi) is 14.0. The number of carbonyl (C=O) groups excluding carboxylic acids is 3. The van der Waals surface area contributed by atoms with E-state index < -0.39 is 47.9 Å². The molecule has 3 amide bonds. The van der Waals surface area contributed by atoms with Gasteiger partial charge in [0.2, 0.25) is 17.7 Å². The van der Waals surface area contributed by atoms with E-state index in [4.69, 9.17) is 11.5 Å². The number of carbonyl (C=O) groups is 4. The third-order valence-corrected chi connectivity index (χ3v) is 5.72. The molecule has 35 heavy (non-hydrogen) atoms. The van der Waals surface area contributed by atoms with Gasteiger partial charge in [-0.2, -0.15) is 12.6 Å². The number of amides is 3. The first-order chi connectivity index (χ1) is 16.6. The summed E-state index contributed by atoms with van der Waals surface area (Å²) < 4.78 is 0. The van der Waals surface area contributed by atoms with Gasteiger partial charge in [-0.15, -0.1) is 0 Å². The number of rotatable bonds is 16. The molecular formula is C24H39N5O5S. The molecule has 0 saturated carbocycles. The van der Waals surface area contributed by atoms with Gasteiger partial charge >= 0.3 is 5.97 Å². The summed E-state index contributed by atoms with van der Waals surface area (Å²) in [5, 5.41) is 17.0. The first-order valence-electron chi connectivity index (χ1n) is 11.8. The number of carboxylic acids is 1. The number of benzene rings is 1. The molecule has 11 heteroatoms. The summed E-state index contributed by atoms with van der Waals surface area (Å²) in [4.78, 5) is 50.1. The van der Waals surface area contributed by atoms with Crippen LogP contribution in [0.4, 0.5) is 0 Å². The van der Waals surface area contributed by atoms with Crippen molar-refractivity contribution >= 4 is 36.3 Å². The average Bonchev–Trinajstić information content (AvgIpc) is 2.81. The van der Waals surface area contributed by atoms with Crippen LogP contribution in [-0.4, -0.2) is 65.3 Å². The summed E-state index contributed by atoms with van der Waals surface area (Å²) in [6.07, 6.45) is 2.08. The second-order valence-corrected chi connectivity index (χ2v) is 9.28. The van der Waals surface area contributed by atoms with Crippen LogP contribution in [0.25, 0.3) is 0 Å². The van der Waals surface area contributed by atoms with Crippen LogP contribution in [0.1, 0.15) is 45.1 Å². The van der Waals surface area contributed by atoms with Crippen LogP contribution in [0, 0.1) is 5.92 Å². The maximum atomic E-state index is 13.3. The number of hydrogen-bond acceptors (Lipinski definition) is 7. The zero-order chi connectivity index (χ0) is 26.4. The van der Waals surface area contributed by atoms with E-state index in [-0.39, 0.29) is 24.5 Å². The van der Waals surface area contributed by atoms with Gasteiger partial charge in [0, 0.05) is 12.2 Å². The Morgan fingerprint density at radius 3 is 2.03 bits per heavy atom. The molecular weight excluding hydrogens is 470 g/mol. The highest BCUT2D eigenvalue weighted by Gasteiger charge is 2.30. The molecule has 0 aliphatic carbocycles. The molecule has 0 aliphatic rings. The molecule has 0 aliphatic heterocycles. The third kappa shape index (κ3) is 11.6. The predicted octanol–water partition coefficient (Wildman–Crippen LogP) is 0.200. The minimum atomic E-state index is -1.23. The van der Waals surface area contributed by atoms with E-state index in [1.54, 1.807) is 0 Å². The smallest absolute Gasteiger partial charge is 0.327 e. The Morgan fingerprint density at radius 2 is 1.49 bits per heavy atom. The first-order valence-corrected chi connectivity index (χ1v) is 12.5. The number of hydrogen-bond donors (Lipinski definition) is 7. The summed E-state index contributed by atoms with van der Waals surface area (Å²) in [7, 11) is 0. The standard InChI is InChI=1S/C24H39N5O5S/c1-15(2)12-17(26)21(30)28-19(13-16-8-4-3-5-9-16)23(32)27-18(10-6-7-11-25)22(31)29-20(14-35)24(33)34/h3-5,8-9,15,17-20,35H,6-7,10-14,25-26H2,1-2H3,(H,27,32)(H,28,30)(H,29,31)(H,33,34). The van der Waals surface area contributed by atoms with Crippen molar-refractivity contribution in [3.05, 3.63) is 35.9 Å². The van der Waals surface area contributed by atoms with Gasteiger partial charge < -0.3 is 32.5 Å². The fraction of sp³-hybridized carbons (Fsp3) is 0.583. The molecule has 0 heterocycles. The van der Waals surface area contributed by atoms with Crippen LogP contribution in [0.2, 0.25) is 0 Å². The van der Waals surface area contributed by atoms with Gasteiger partial charge in [-0.05, 0) is 43.7 Å². The van der Waals surface area contributed by atoms with Crippen LogP contribution in [-0.2, 0) is 25.6 Å². The lowest BCUT2D eigenvalue weighted by Crippen LogP contribution is -2.57. The summed E-state index contributed by atoms with van der Waals surface area (Å²) >= 11 is 3.96. The highest BCUT2D eigenvalue weighted by molar-refractivity contribution is 7.80. The highest BCUT2D eigenvalue weighted by atomic mass is 32.1. The fourth-order valence-corrected chi connectivity index (χ4v) is 3.69. The average molecular weight is 510 g/mol. The second kappa shape index (κ2) is 16.1. The number of nitrogens with two attached hydrogens (primary N) is 2. The Labute approximate surface area is 212 Å². The zero-order valence-electron chi connectivity index (χ0n) is 20.4. The molecule has 0 spiro atoms. The minimum Gasteiger partial charge on any atom is -0.480 e. The summed E-state index contributed by atoms with van der Waals surface area (Å²) in [6.45, 7) is 4.30. The molecule has 0 radical (unpaired) electrons. The van der Waals surface area contributed by atoms with Crippen molar-refractivity contribution in [3.8, 4) is 0 Å². The van der Waals surface area contributed by atoms with Crippen molar-refractivity contribution in [1.82, 2.24) is 16.0 Å².